The fourth-order valence-electron chi connectivity index (χ4n) is 1.33. The predicted molar refractivity (Wildman–Crippen MR) is 61.8 cm³/mol. The number of hydrogen-bond donors (Lipinski definition) is 3. The summed E-state index contributed by atoms with van der Waals surface area (Å²) in [5.74, 6) is -2.56. The number of carbonyl (C=O) groups excluding carboxylic acids is 1. The van der Waals surface area contributed by atoms with Gasteiger partial charge in [0.1, 0.15) is 11.9 Å². The van der Waals surface area contributed by atoms with Crippen molar-refractivity contribution in [3.05, 3.63) is 29.6 Å². The van der Waals surface area contributed by atoms with Crippen LogP contribution in [0.3, 0.4) is 0 Å². The van der Waals surface area contributed by atoms with Gasteiger partial charge in [-0.25, -0.2) is 9.18 Å². The number of nitrogens with two attached hydrogens (primary N) is 1. The molecule has 0 aliphatic rings. The van der Waals surface area contributed by atoms with Crippen LogP contribution in [0.4, 0.5) is 10.1 Å². The Kier molecular flexibility index (Phi) is 4.75. The Morgan fingerprint density at radius 2 is 2.22 bits per heavy atom. The monoisotopic (exact) mass is 256 g/mol. The highest BCUT2D eigenvalue weighted by molar-refractivity contribution is 6.01. The normalized spacial score (nSPS) is 11.9. The van der Waals surface area contributed by atoms with Crippen LogP contribution in [0.1, 0.15) is 10.4 Å². The van der Waals surface area contributed by atoms with Gasteiger partial charge in [-0.3, -0.25) is 4.79 Å². The van der Waals surface area contributed by atoms with E-state index < -0.39 is 23.8 Å². The maximum absolute atomic E-state index is 13.0. The Morgan fingerprint density at radius 3 is 2.72 bits per heavy atom. The van der Waals surface area contributed by atoms with Gasteiger partial charge in [-0.2, -0.15) is 0 Å². The van der Waals surface area contributed by atoms with Gasteiger partial charge in [0.25, 0.3) is 5.91 Å². The lowest BCUT2D eigenvalue weighted by Crippen LogP contribution is -2.36. The zero-order valence-electron chi connectivity index (χ0n) is 9.64. The summed E-state index contributed by atoms with van der Waals surface area (Å²) in [4.78, 5) is 22.5. The molecule has 0 spiro atoms. The summed E-state index contributed by atoms with van der Waals surface area (Å²) in [7, 11) is 1.29. The molecule has 6 nitrogen and oxygen atoms in total. The molecular formula is C11H13FN2O4. The number of amides is 1. The maximum Gasteiger partial charge on any atom is 0.337 e. The quantitative estimate of drug-likeness (QED) is 0.709. The standard InChI is InChI=1S/C11H13FN2O4/c1-18-9(5-13)10(15)14-8-4-6(12)2-3-7(8)11(16)17/h2-4,9H,5,13H2,1H3,(H,14,15)(H,16,17). The number of rotatable bonds is 5. The minimum absolute atomic E-state index is 0.0694. The van der Waals surface area contributed by atoms with Crippen molar-refractivity contribution in [1.29, 1.82) is 0 Å². The fourth-order valence-corrected chi connectivity index (χ4v) is 1.33. The molecule has 1 aromatic rings. The van der Waals surface area contributed by atoms with Crippen molar-refractivity contribution in [2.24, 2.45) is 5.73 Å². The van der Waals surface area contributed by atoms with Crippen LogP contribution < -0.4 is 11.1 Å². The average molecular weight is 256 g/mol. The largest absolute Gasteiger partial charge is 0.478 e. The van der Waals surface area contributed by atoms with E-state index in [1.807, 2.05) is 0 Å². The second kappa shape index (κ2) is 6.08. The molecule has 1 atom stereocenters. The minimum atomic E-state index is -1.27. The van der Waals surface area contributed by atoms with Crippen LogP contribution in [-0.2, 0) is 9.53 Å². The van der Waals surface area contributed by atoms with Crippen LogP contribution in [0.5, 0.6) is 0 Å². The number of carboxylic acids is 1. The average Bonchev–Trinajstić information content (AvgIpc) is 2.30. The minimum Gasteiger partial charge on any atom is -0.478 e. The molecule has 7 heteroatoms. The van der Waals surface area contributed by atoms with Gasteiger partial charge in [-0.15, -0.1) is 0 Å². The Bertz CT molecular complexity index is 460. The van der Waals surface area contributed by atoms with Gasteiger partial charge < -0.3 is 20.9 Å². The smallest absolute Gasteiger partial charge is 0.337 e. The van der Waals surface area contributed by atoms with E-state index in [4.69, 9.17) is 15.6 Å². The number of carbonyl (C=O) groups is 2. The van der Waals surface area contributed by atoms with E-state index in [0.29, 0.717) is 0 Å². The second-order valence-corrected chi connectivity index (χ2v) is 3.44. The van der Waals surface area contributed by atoms with Crippen LogP contribution in [0.25, 0.3) is 0 Å². The number of carboxylic acid groups (broad SMARTS) is 1. The van der Waals surface area contributed by atoms with Crippen LogP contribution in [-0.4, -0.2) is 36.7 Å². The summed E-state index contributed by atoms with van der Waals surface area (Å²) in [5, 5.41) is 11.2. The van der Waals surface area contributed by atoms with Gasteiger partial charge in [0.15, 0.2) is 0 Å². The van der Waals surface area contributed by atoms with Crippen molar-refractivity contribution in [3.63, 3.8) is 0 Å². The Morgan fingerprint density at radius 1 is 1.56 bits per heavy atom. The van der Waals surface area contributed by atoms with Crippen molar-refractivity contribution < 1.29 is 23.8 Å². The van der Waals surface area contributed by atoms with Gasteiger partial charge in [0.2, 0.25) is 0 Å². The summed E-state index contributed by atoms with van der Waals surface area (Å²) in [6.07, 6.45) is -0.921. The number of nitrogens with one attached hydrogen (secondary N) is 1. The van der Waals surface area contributed by atoms with Crippen molar-refractivity contribution in [1.82, 2.24) is 0 Å². The maximum atomic E-state index is 13.0. The van der Waals surface area contributed by atoms with Gasteiger partial charge >= 0.3 is 5.97 Å². The Balaban J connectivity index is 2.99. The van der Waals surface area contributed by atoms with Crippen LogP contribution >= 0.6 is 0 Å². The third-order valence-corrected chi connectivity index (χ3v) is 2.26. The van der Waals surface area contributed by atoms with Crippen molar-refractivity contribution in [3.8, 4) is 0 Å². The van der Waals surface area contributed by atoms with E-state index in [1.54, 1.807) is 0 Å². The second-order valence-electron chi connectivity index (χ2n) is 3.44. The van der Waals surface area contributed by atoms with Gasteiger partial charge in [0, 0.05) is 13.7 Å². The van der Waals surface area contributed by atoms with E-state index in [9.17, 15) is 14.0 Å². The molecule has 0 saturated heterocycles. The number of hydrogen-bond acceptors (Lipinski definition) is 4. The van der Waals surface area contributed by atoms with Gasteiger partial charge in [0.05, 0.1) is 11.3 Å². The molecule has 1 unspecified atom stereocenters. The molecule has 0 radical (unpaired) electrons. The summed E-state index contributed by atoms with van der Waals surface area (Å²) >= 11 is 0. The summed E-state index contributed by atoms with van der Waals surface area (Å²) < 4.78 is 17.8. The molecule has 0 bridgehead atoms. The van der Waals surface area contributed by atoms with Gasteiger partial charge in [-0.1, -0.05) is 0 Å². The lowest BCUT2D eigenvalue weighted by molar-refractivity contribution is -0.125. The molecule has 0 aliphatic carbocycles. The number of halogens is 1. The molecule has 0 saturated carbocycles. The third-order valence-electron chi connectivity index (χ3n) is 2.26. The first-order chi connectivity index (χ1) is 8.49. The van der Waals surface area contributed by atoms with E-state index in [2.05, 4.69) is 5.32 Å². The summed E-state index contributed by atoms with van der Waals surface area (Å²) in [6.45, 7) is -0.0694. The van der Waals surface area contributed by atoms with Crippen LogP contribution in [0, 0.1) is 5.82 Å². The topological polar surface area (TPSA) is 102 Å². The number of ether oxygens (including phenoxy) is 1. The lowest BCUT2D eigenvalue weighted by Gasteiger charge is -2.14. The highest BCUT2D eigenvalue weighted by Gasteiger charge is 2.19. The molecule has 18 heavy (non-hydrogen) atoms. The molecule has 1 aromatic carbocycles. The molecule has 4 N–H and O–H groups in total. The highest BCUT2D eigenvalue weighted by atomic mass is 19.1. The fraction of sp³-hybridized carbons (Fsp3) is 0.273. The van der Waals surface area contributed by atoms with Crippen molar-refractivity contribution in [2.45, 2.75) is 6.10 Å². The van der Waals surface area contributed by atoms with Crippen molar-refractivity contribution in [2.75, 3.05) is 19.0 Å². The highest BCUT2D eigenvalue weighted by Crippen LogP contribution is 2.17. The molecule has 0 heterocycles. The first kappa shape index (κ1) is 14.1. The Labute approximate surface area is 103 Å². The molecule has 0 fully saturated rings. The molecular weight excluding hydrogens is 243 g/mol. The molecule has 0 aliphatic heterocycles. The molecule has 1 amide bonds. The number of anilines is 1. The third kappa shape index (κ3) is 3.25. The predicted octanol–water partition coefficient (Wildman–Crippen LogP) is 0.436. The SMILES string of the molecule is COC(CN)C(=O)Nc1cc(F)ccc1C(=O)O. The zero-order chi connectivity index (χ0) is 13.7. The lowest BCUT2D eigenvalue weighted by atomic mass is 10.1. The van der Waals surface area contributed by atoms with E-state index in [1.165, 1.54) is 7.11 Å². The Hall–Kier alpha value is -1.99. The van der Waals surface area contributed by atoms with E-state index in [0.717, 1.165) is 18.2 Å². The zero-order valence-corrected chi connectivity index (χ0v) is 9.64. The summed E-state index contributed by atoms with van der Waals surface area (Å²) in [6, 6.07) is 2.98. The first-order valence-electron chi connectivity index (χ1n) is 5.06. The van der Waals surface area contributed by atoms with Gasteiger partial charge in [-0.05, 0) is 18.2 Å². The molecule has 0 aromatic heterocycles. The number of aromatic carboxylic acids is 1. The van der Waals surface area contributed by atoms with Crippen molar-refractivity contribution >= 4 is 17.6 Å². The molecule has 1 rings (SSSR count). The van der Waals surface area contributed by atoms with Crippen LogP contribution in [0.2, 0.25) is 0 Å². The van der Waals surface area contributed by atoms with E-state index in [-0.39, 0.29) is 17.8 Å². The summed E-state index contributed by atoms with van der Waals surface area (Å²) in [5.41, 5.74) is 4.94. The number of benzene rings is 1. The first-order valence-corrected chi connectivity index (χ1v) is 5.06. The van der Waals surface area contributed by atoms with Crippen LogP contribution in [0.15, 0.2) is 18.2 Å². The van der Waals surface area contributed by atoms with E-state index >= 15 is 0 Å². The molecule has 98 valence electrons. The number of methoxy groups -OCH3 is 1.